The number of ether oxygens (including phenoxy) is 1. The van der Waals surface area contributed by atoms with Crippen LogP contribution in [0.5, 0.6) is 0 Å². The molecule has 1 saturated heterocycles. The second-order valence-corrected chi connectivity index (χ2v) is 8.81. The summed E-state index contributed by atoms with van der Waals surface area (Å²) in [5, 5.41) is 16.4. The number of nitrogens with one attached hydrogen (secondary N) is 2. The smallest absolute Gasteiger partial charge is 0.191 e. The molecule has 1 unspecified atom stereocenters. The number of aliphatic hydroxyl groups excluding tert-OH is 1. The fraction of sp³-hybridized carbons (Fsp3) is 0.682. The quantitative estimate of drug-likeness (QED) is 0.491. The third kappa shape index (κ3) is 5.04. The van der Waals surface area contributed by atoms with Gasteiger partial charge in [-0.15, -0.1) is 0 Å². The van der Waals surface area contributed by atoms with Gasteiger partial charge in [-0.1, -0.05) is 24.3 Å². The van der Waals surface area contributed by atoms with Crippen LogP contribution in [0, 0.1) is 5.41 Å². The van der Waals surface area contributed by atoms with Gasteiger partial charge in [0.2, 0.25) is 0 Å². The summed E-state index contributed by atoms with van der Waals surface area (Å²) in [6, 6.07) is 8.76. The number of hydrogen-bond donors (Lipinski definition) is 3. The zero-order valence-corrected chi connectivity index (χ0v) is 17.6. The Morgan fingerprint density at radius 1 is 1.29 bits per heavy atom. The van der Waals surface area contributed by atoms with Gasteiger partial charge in [-0.3, -0.25) is 9.89 Å². The van der Waals surface area contributed by atoms with Crippen molar-refractivity contribution in [2.24, 2.45) is 10.4 Å². The van der Waals surface area contributed by atoms with E-state index in [1.807, 2.05) is 7.05 Å². The van der Waals surface area contributed by atoms with Crippen LogP contribution in [0.25, 0.3) is 0 Å². The van der Waals surface area contributed by atoms with Crippen LogP contribution < -0.4 is 10.6 Å². The number of guanidine groups is 1. The van der Waals surface area contributed by atoms with Gasteiger partial charge >= 0.3 is 0 Å². The van der Waals surface area contributed by atoms with Crippen molar-refractivity contribution in [3.05, 3.63) is 35.4 Å². The number of aliphatic hydroxyl groups is 1. The van der Waals surface area contributed by atoms with E-state index in [9.17, 15) is 5.11 Å². The van der Waals surface area contributed by atoms with Gasteiger partial charge in [0.25, 0.3) is 0 Å². The number of rotatable bonds is 7. The third-order valence-electron chi connectivity index (χ3n) is 6.36. The highest BCUT2D eigenvalue weighted by molar-refractivity contribution is 5.79. The average Bonchev–Trinajstić information content (AvgIpc) is 3.16. The van der Waals surface area contributed by atoms with Crippen molar-refractivity contribution in [1.82, 2.24) is 15.5 Å². The predicted octanol–water partition coefficient (Wildman–Crippen LogP) is 1.78. The largest absolute Gasteiger partial charge is 0.396 e. The summed E-state index contributed by atoms with van der Waals surface area (Å²) >= 11 is 0. The number of aliphatic imine (C=N–C) groups is 1. The summed E-state index contributed by atoms with van der Waals surface area (Å²) in [5.41, 5.74) is 2.95. The van der Waals surface area contributed by atoms with Crippen molar-refractivity contribution in [1.29, 1.82) is 0 Å². The van der Waals surface area contributed by atoms with Gasteiger partial charge in [0.1, 0.15) is 0 Å². The van der Waals surface area contributed by atoms with Gasteiger partial charge in [0.05, 0.1) is 6.61 Å². The number of hydrogen-bond acceptors (Lipinski definition) is 4. The van der Waals surface area contributed by atoms with E-state index in [4.69, 9.17) is 4.74 Å². The van der Waals surface area contributed by atoms with Crippen molar-refractivity contribution >= 4 is 5.96 Å². The lowest BCUT2D eigenvalue weighted by atomic mass is 9.84. The Morgan fingerprint density at radius 2 is 2.07 bits per heavy atom. The molecule has 6 heteroatoms. The van der Waals surface area contributed by atoms with E-state index in [2.05, 4.69) is 58.6 Å². The summed E-state index contributed by atoms with van der Waals surface area (Å²) in [6.45, 7) is 9.91. The first-order chi connectivity index (χ1) is 13.5. The van der Waals surface area contributed by atoms with Gasteiger partial charge < -0.3 is 20.5 Å². The molecule has 0 aromatic heterocycles. The Balaban J connectivity index is 1.52. The molecule has 0 spiro atoms. The SMILES string of the molecule is CN=C(NCC1(CCO)CCOC1)NCC(C)(C)N1CCc2ccccc2C1. The van der Waals surface area contributed by atoms with E-state index in [-0.39, 0.29) is 17.6 Å². The fourth-order valence-electron chi connectivity index (χ4n) is 4.23. The number of nitrogens with zero attached hydrogens (tertiary/aromatic N) is 2. The monoisotopic (exact) mass is 388 g/mol. The molecule has 1 aromatic rings. The molecule has 1 atom stereocenters. The summed E-state index contributed by atoms with van der Waals surface area (Å²) in [6.07, 6.45) is 2.85. The van der Waals surface area contributed by atoms with Crippen molar-refractivity contribution < 1.29 is 9.84 Å². The van der Waals surface area contributed by atoms with Crippen molar-refractivity contribution in [2.45, 2.75) is 45.2 Å². The van der Waals surface area contributed by atoms with Gasteiger partial charge in [0, 0.05) is 57.4 Å². The fourth-order valence-corrected chi connectivity index (χ4v) is 4.23. The first kappa shape index (κ1) is 21.1. The lowest BCUT2D eigenvalue weighted by Crippen LogP contribution is -2.55. The van der Waals surface area contributed by atoms with E-state index in [1.165, 1.54) is 11.1 Å². The molecular formula is C22H36N4O2. The number of fused-ring (bicyclic) bond motifs is 1. The molecule has 3 N–H and O–H groups in total. The summed E-state index contributed by atoms with van der Waals surface area (Å²) in [5.74, 6) is 0.815. The standard InChI is InChI=1S/C22H36N4O2/c1-21(2,26-11-8-18-6-4-5-7-19(18)14-26)15-24-20(23-3)25-16-22(9-12-27)10-13-28-17-22/h4-7,27H,8-17H2,1-3H3,(H2,23,24,25). The highest BCUT2D eigenvalue weighted by atomic mass is 16.5. The highest BCUT2D eigenvalue weighted by Gasteiger charge is 2.35. The van der Waals surface area contributed by atoms with Gasteiger partial charge in [-0.2, -0.15) is 0 Å². The Labute approximate surface area is 169 Å². The Kier molecular flexibility index (Phi) is 6.96. The van der Waals surface area contributed by atoms with E-state index in [0.29, 0.717) is 6.61 Å². The third-order valence-corrected chi connectivity index (χ3v) is 6.36. The second kappa shape index (κ2) is 9.25. The molecule has 0 amide bonds. The lowest BCUT2D eigenvalue weighted by molar-refractivity contribution is 0.107. The average molecular weight is 389 g/mol. The van der Waals surface area contributed by atoms with E-state index in [1.54, 1.807) is 0 Å². The van der Waals surface area contributed by atoms with Crippen molar-refractivity contribution in [2.75, 3.05) is 46.5 Å². The molecule has 28 heavy (non-hydrogen) atoms. The minimum atomic E-state index is 0.0124. The lowest BCUT2D eigenvalue weighted by Gasteiger charge is -2.42. The molecule has 2 aliphatic rings. The van der Waals surface area contributed by atoms with Gasteiger partial charge in [-0.25, -0.2) is 0 Å². The highest BCUT2D eigenvalue weighted by Crippen LogP contribution is 2.31. The molecule has 0 bridgehead atoms. The molecule has 0 saturated carbocycles. The zero-order valence-electron chi connectivity index (χ0n) is 17.6. The second-order valence-electron chi connectivity index (χ2n) is 8.81. The van der Waals surface area contributed by atoms with E-state index >= 15 is 0 Å². The van der Waals surface area contributed by atoms with Crippen LogP contribution in [0.1, 0.15) is 37.8 Å². The van der Waals surface area contributed by atoms with Crippen molar-refractivity contribution in [3.8, 4) is 0 Å². The number of benzene rings is 1. The molecule has 1 aromatic carbocycles. The Morgan fingerprint density at radius 3 is 2.75 bits per heavy atom. The first-order valence-corrected chi connectivity index (χ1v) is 10.4. The maximum absolute atomic E-state index is 9.40. The molecule has 6 nitrogen and oxygen atoms in total. The summed E-state index contributed by atoms with van der Waals surface area (Å²) < 4.78 is 5.58. The molecule has 3 rings (SSSR count). The van der Waals surface area contributed by atoms with Gasteiger partial charge in [0.15, 0.2) is 5.96 Å². The Bertz CT molecular complexity index is 668. The molecule has 0 radical (unpaired) electrons. The Hall–Kier alpha value is -1.63. The van der Waals surface area contributed by atoms with Crippen LogP contribution in [0.2, 0.25) is 0 Å². The summed E-state index contributed by atoms with van der Waals surface area (Å²) in [4.78, 5) is 6.95. The topological polar surface area (TPSA) is 69.1 Å². The molecule has 1 fully saturated rings. The van der Waals surface area contributed by atoms with Crippen LogP contribution in [0.4, 0.5) is 0 Å². The van der Waals surface area contributed by atoms with Crippen LogP contribution in [-0.4, -0.2) is 68.0 Å². The maximum atomic E-state index is 9.40. The first-order valence-electron chi connectivity index (χ1n) is 10.4. The van der Waals surface area contributed by atoms with Crippen molar-refractivity contribution in [3.63, 3.8) is 0 Å². The molecule has 0 aliphatic carbocycles. The molecular weight excluding hydrogens is 352 g/mol. The molecule has 156 valence electrons. The molecule has 2 aliphatic heterocycles. The minimum Gasteiger partial charge on any atom is -0.396 e. The zero-order chi connectivity index (χ0) is 20.0. The normalized spacial score (nSPS) is 23.5. The van der Waals surface area contributed by atoms with Crippen LogP contribution in [-0.2, 0) is 17.7 Å². The molecule has 2 heterocycles. The van der Waals surface area contributed by atoms with Gasteiger partial charge in [-0.05, 0) is 44.2 Å². The van der Waals surface area contributed by atoms with Crippen LogP contribution in [0.15, 0.2) is 29.3 Å². The van der Waals surface area contributed by atoms with Crippen LogP contribution in [0.3, 0.4) is 0 Å². The minimum absolute atomic E-state index is 0.0124. The van der Waals surface area contributed by atoms with E-state index < -0.39 is 0 Å². The van der Waals surface area contributed by atoms with Crippen LogP contribution >= 0.6 is 0 Å². The maximum Gasteiger partial charge on any atom is 0.191 e. The van der Waals surface area contributed by atoms with E-state index in [0.717, 1.165) is 58.0 Å². The predicted molar refractivity (Wildman–Crippen MR) is 114 cm³/mol. The summed E-state index contributed by atoms with van der Waals surface area (Å²) in [7, 11) is 1.81.